The molecule has 0 aliphatic heterocycles. The monoisotopic (exact) mass is 398 g/mol. The maximum atomic E-state index is 13.0. The van der Waals surface area contributed by atoms with Crippen LogP contribution in [0, 0.1) is 13.8 Å². The number of fused-ring (bicyclic) bond motifs is 1. The van der Waals surface area contributed by atoms with E-state index >= 15 is 0 Å². The molecule has 0 fully saturated rings. The first kappa shape index (κ1) is 18.0. The number of aromatic nitrogens is 6. The highest BCUT2D eigenvalue weighted by Gasteiger charge is 2.14. The minimum atomic E-state index is -0.277. The first-order valence-electron chi connectivity index (χ1n) is 9.49. The summed E-state index contributed by atoms with van der Waals surface area (Å²) in [5, 5.41) is 12.7. The molecule has 148 valence electrons. The Kier molecular flexibility index (Phi) is 4.24. The Bertz CT molecular complexity index is 1410. The van der Waals surface area contributed by atoms with E-state index in [0.29, 0.717) is 17.2 Å². The molecule has 0 atom stereocenters. The molecule has 5 aromatic rings. The second-order valence-electron chi connectivity index (χ2n) is 7.15. The topological polar surface area (TPSA) is 91.1 Å². The summed E-state index contributed by atoms with van der Waals surface area (Å²) in [5.74, 6) is 0.781. The average Bonchev–Trinajstić information content (AvgIpc) is 3.40. The first-order chi connectivity index (χ1) is 14.6. The quantitative estimate of drug-likeness (QED) is 0.461. The van der Waals surface area contributed by atoms with E-state index < -0.39 is 0 Å². The van der Waals surface area contributed by atoms with Crippen molar-refractivity contribution in [2.24, 2.45) is 0 Å². The van der Waals surface area contributed by atoms with E-state index in [-0.39, 0.29) is 12.1 Å². The average molecular weight is 398 g/mol. The van der Waals surface area contributed by atoms with Crippen molar-refractivity contribution in [2.45, 2.75) is 20.4 Å². The summed E-state index contributed by atoms with van der Waals surface area (Å²) < 4.78 is 8.11. The fourth-order valence-electron chi connectivity index (χ4n) is 3.35. The summed E-state index contributed by atoms with van der Waals surface area (Å²) in [7, 11) is 0. The predicted molar refractivity (Wildman–Crippen MR) is 111 cm³/mol. The van der Waals surface area contributed by atoms with Crippen LogP contribution in [0.4, 0.5) is 0 Å². The van der Waals surface area contributed by atoms with Gasteiger partial charge in [-0.3, -0.25) is 4.79 Å². The van der Waals surface area contributed by atoms with Gasteiger partial charge in [-0.15, -0.1) is 0 Å². The van der Waals surface area contributed by atoms with Crippen LogP contribution in [0.3, 0.4) is 0 Å². The fraction of sp³-hybridized carbons (Fsp3) is 0.136. The summed E-state index contributed by atoms with van der Waals surface area (Å²) in [6.45, 7) is 4.13. The molecule has 0 aliphatic carbocycles. The molecule has 3 heterocycles. The standard InChI is InChI=1S/C22H18N6O2/c1-14-8-9-15(2)17(10-14)18-11-19-22(29)27(23-13-28(19)25-18)12-20-24-21(26-30-20)16-6-4-3-5-7-16/h3-11,13H,12H2,1-2H3. The van der Waals surface area contributed by atoms with Gasteiger partial charge in [0.05, 0.1) is 5.69 Å². The SMILES string of the molecule is Cc1ccc(C)c(-c2cc3c(=O)n(Cc4nc(-c5ccccc5)no4)ncn3n2)c1. The molecular weight excluding hydrogens is 380 g/mol. The Balaban J connectivity index is 1.49. The second-order valence-corrected chi connectivity index (χ2v) is 7.15. The van der Waals surface area contributed by atoms with E-state index in [2.05, 4.69) is 32.5 Å². The first-order valence-corrected chi connectivity index (χ1v) is 9.49. The Morgan fingerprint density at radius 2 is 1.87 bits per heavy atom. The van der Waals surface area contributed by atoms with Crippen LogP contribution in [0.5, 0.6) is 0 Å². The second kappa shape index (κ2) is 7.07. The summed E-state index contributed by atoms with van der Waals surface area (Å²) >= 11 is 0. The van der Waals surface area contributed by atoms with E-state index in [1.54, 1.807) is 6.07 Å². The van der Waals surface area contributed by atoms with E-state index in [9.17, 15) is 4.79 Å². The van der Waals surface area contributed by atoms with Crippen molar-refractivity contribution < 1.29 is 4.52 Å². The minimum Gasteiger partial charge on any atom is -0.337 e. The van der Waals surface area contributed by atoms with Crippen LogP contribution < -0.4 is 5.56 Å². The zero-order valence-electron chi connectivity index (χ0n) is 16.5. The third kappa shape index (κ3) is 3.18. The van der Waals surface area contributed by atoms with Crippen LogP contribution in [0.1, 0.15) is 17.0 Å². The van der Waals surface area contributed by atoms with E-state index in [1.807, 2.05) is 50.2 Å². The lowest BCUT2D eigenvalue weighted by atomic mass is 10.0. The zero-order chi connectivity index (χ0) is 20.7. The van der Waals surface area contributed by atoms with Gasteiger partial charge in [0.1, 0.15) is 18.4 Å². The number of rotatable bonds is 4. The molecular formula is C22H18N6O2. The lowest BCUT2D eigenvalue weighted by Crippen LogP contribution is -2.25. The van der Waals surface area contributed by atoms with Gasteiger partial charge in [0.25, 0.3) is 5.56 Å². The molecule has 0 unspecified atom stereocenters. The lowest BCUT2D eigenvalue weighted by molar-refractivity contribution is 0.362. The van der Waals surface area contributed by atoms with Crippen molar-refractivity contribution in [3.8, 4) is 22.6 Å². The molecule has 2 aromatic carbocycles. The Hall–Kier alpha value is -4.07. The maximum absolute atomic E-state index is 13.0. The summed E-state index contributed by atoms with van der Waals surface area (Å²) in [6.07, 6.45) is 1.51. The van der Waals surface area contributed by atoms with Gasteiger partial charge in [0, 0.05) is 11.1 Å². The highest BCUT2D eigenvalue weighted by Crippen LogP contribution is 2.23. The Morgan fingerprint density at radius 1 is 1.03 bits per heavy atom. The molecule has 0 saturated heterocycles. The van der Waals surface area contributed by atoms with Crippen molar-refractivity contribution >= 4 is 5.52 Å². The molecule has 0 aliphatic rings. The van der Waals surface area contributed by atoms with Crippen molar-refractivity contribution in [1.82, 2.24) is 29.5 Å². The van der Waals surface area contributed by atoms with Gasteiger partial charge in [-0.05, 0) is 31.5 Å². The number of nitrogens with zero attached hydrogens (tertiary/aromatic N) is 6. The van der Waals surface area contributed by atoms with Gasteiger partial charge in [-0.25, -0.2) is 9.20 Å². The molecule has 0 radical (unpaired) electrons. The van der Waals surface area contributed by atoms with Crippen molar-refractivity contribution in [3.05, 3.63) is 88.3 Å². The Morgan fingerprint density at radius 3 is 2.70 bits per heavy atom. The molecule has 3 aromatic heterocycles. The number of hydrogen-bond acceptors (Lipinski definition) is 6. The van der Waals surface area contributed by atoms with Gasteiger partial charge >= 0.3 is 0 Å². The lowest BCUT2D eigenvalue weighted by Gasteiger charge is -2.03. The van der Waals surface area contributed by atoms with Crippen molar-refractivity contribution in [3.63, 3.8) is 0 Å². The molecule has 30 heavy (non-hydrogen) atoms. The highest BCUT2D eigenvalue weighted by molar-refractivity contribution is 5.68. The van der Waals surface area contributed by atoms with E-state index in [0.717, 1.165) is 27.9 Å². The molecule has 0 spiro atoms. The molecule has 8 heteroatoms. The summed E-state index contributed by atoms with van der Waals surface area (Å²) in [4.78, 5) is 17.3. The zero-order valence-corrected chi connectivity index (χ0v) is 16.5. The molecule has 8 nitrogen and oxygen atoms in total. The van der Waals surface area contributed by atoms with Gasteiger partial charge < -0.3 is 4.52 Å². The number of aryl methyl sites for hydroxylation is 2. The maximum Gasteiger partial charge on any atom is 0.293 e. The van der Waals surface area contributed by atoms with Crippen LogP contribution in [-0.2, 0) is 6.54 Å². The molecule has 0 saturated carbocycles. The van der Waals surface area contributed by atoms with Crippen LogP contribution in [0.15, 0.2) is 70.2 Å². The smallest absolute Gasteiger partial charge is 0.293 e. The molecule has 0 N–H and O–H groups in total. The third-order valence-corrected chi connectivity index (χ3v) is 4.94. The minimum absolute atomic E-state index is 0.0825. The Labute approximate surface area is 171 Å². The van der Waals surface area contributed by atoms with Crippen LogP contribution in [-0.4, -0.2) is 29.5 Å². The van der Waals surface area contributed by atoms with E-state index in [4.69, 9.17) is 4.52 Å². The van der Waals surface area contributed by atoms with Crippen LogP contribution >= 0.6 is 0 Å². The third-order valence-electron chi connectivity index (χ3n) is 4.94. The number of hydrogen-bond donors (Lipinski definition) is 0. The summed E-state index contributed by atoms with van der Waals surface area (Å²) in [6, 6.07) is 17.5. The van der Waals surface area contributed by atoms with Gasteiger partial charge in [-0.2, -0.15) is 15.2 Å². The van der Waals surface area contributed by atoms with Crippen molar-refractivity contribution in [1.29, 1.82) is 0 Å². The van der Waals surface area contributed by atoms with Crippen molar-refractivity contribution in [2.75, 3.05) is 0 Å². The molecule has 0 bridgehead atoms. The van der Waals surface area contributed by atoms with Crippen LogP contribution in [0.2, 0.25) is 0 Å². The van der Waals surface area contributed by atoms with Crippen LogP contribution in [0.25, 0.3) is 28.2 Å². The van der Waals surface area contributed by atoms with Gasteiger partial charge in [-0.1, -0.05) is 53.2 Å². The fourth-order valence-corrected chi connectivity index (χ4v) is 3.35. The van der Waals surface area contributed by atoms with Gasteiger partial charge in [0.15, 0.2) is 0 Å². The highest BCUT2D eigenvalue weighted by atomic mass is 16.5. The molecule has 0 amide bonds. The molecule has 5 rings (SSSR count). The number of benzene rings is 2. The largest absolute Gasteiger partial charge is 0.337 e. The van der Waals surface area contributed by atoms with E-state index in [1.165, 1.54) is 15.5 Å². The predicted octanol–water partition coefficient (Wildman–Crippen LogP) is 3.27. The normalized spacial score (nSPS) is 11.3. The summed E-state index contributed by atoms with van der Waals surface area (Å²) in [5.41, 5.74) is 4.96. The van der Waals surface area contributed by atoms with Gasteiger partial charge in [0.2, 0.25) is 11.7 Å².